The van der Waals surface area contributed by atoms with Crippen LogP contribution in [-0.4, -0.2) is 54.3 Å². The summed E-state index contributed by atoms with van der Waals surface area (Å²) < 4.78 is 13.4. The first-order chi connectivity index (χ1) is 13.7. The molecule has 0 heterocycles. The summed E-state index contributed by atoms with van der Waals surface area (Å²) in [6.07, 6.45) is 5.66. The zero-order chi connectivity index (χ0) is 21.6. The molecule has 0 bridgehead atoms. The number of nitrogens with zero attached hydrogens (tertiary/aromatic N) is 2. The van der Waals surface area contributed by atoms with E-state index >= 15 is 0 Å². The van der Waals surface area contributed by atoms with Crippen LogP contribution in [0.25, 0.3) is 0 Å². The fraction of sp³-hybridized carbons (Fsp3) is 0.652. The number of halogens is 1. The molecule has 0 radical (unpaired) electrons. The number of likely N-dealkylation sites (N-methyl/N-ethyl adjacent to an activating group) is 1. The molecule has 1 aromatic carbocycles. The van der Waals surface area contributed by atoms with Crippen molar-refractivity contribution in [1.82, 2.24) is 15.1 Å². The van der Waals surface area contributed by atoms with Gasteiger partial charge < -0.3 is 10.2 Å². The van der Waals surface area contributed by atoms with Crippen LogP contribution in [0.2, 0.25) is 0 Å². The molecule has 0 saturated heterocycles. The molecule has 0 aliphatic heterocycles. The van der Waals surface area contributed by atoms with E-state index in [9.17, 15) is 14.0 Å². The van der Waals surface area contributed by atoms with Crippen molar-refractivity contribution in [3.63, 3.8) is 0 Å². The van der Waals surface area contributed by atoms with Crippen LogP contribution in [0.4, 0.5) is 4.39 Å². The summed E-state index contributed by atoms with van der Waals surface area (Å²) in [5, 5.41) is 2.83. The number of benzene rings is 1. The highest BCUT2D eigenvalue weighted by atomic mass is 19.1. The molecule has 29 heavy (non-hydrogen) atoms. The van der Waals surface area contributed by atoms with Crippen molar-refractivity contribution in [2.45, 2.75) is 71.0 Å². The van der Waals surface area contributed by atoms with E-state index in [4.69, 9.17) is 0 Å². The molecule has 2 atom stereocenters. The van der Waals surface area contributed by atoms with Crippen molar-refractivity contribution in [1.29, 1.82) is 0 Å². The minimum absolute atomic E-state index is 0.00983. The maximum Gasteiger partial charge on any atom is 0.244 e. The Morgan fingerprint density at radius 2 is 1.69 bits per heavy atom. The van der Waals surface area contributed by atoms with Gasteiger partial charge in [-0.2, -0.15) is 0 Å². The third-order valence-corrected chi connectivity index (χ3v) is 6.23. The second-order valence-corrected chi connectivity index (χ2v) is 8.50. The predicted octanol–water partition coefficient (Wildman–Crippen LogP) is 3.75. The number of carbonyl (C=O) groups excluding carboxylic acids is 2. The summed E-state index contributed by atoms with van der Waals surface area (Å²) in [5.74, 6) is 0.227. The Morgan fingerprint density at radius 3 is 2.21 bits per heavy atom. The first-order valence-corrected chi connectivity index (χ1v) is 10.7. The Labute approximate surface area is 174 Å². The Morgan fingerprint density at radius 1 is 1.10 bits per heavy atom. The largest absolute Gasteiger partial charge is 0.347 e. The minimum Gasteiger partial charge on any atom is -0.347 e. The quantitative estimate of drug-likeness (QED) is 0.717. The van der Waals surface area contributed by atoms with Gasteiger partial charge in [-0.15, -0.1) is 0 Å². The fourth-order valence-electron chi connectivity index (χ4n) is 4.30. The molecule has 0 spiro atoms. The van der Waals surface area contributed by atoms with Crippen LogP contribution < -0.4 is 5.32 Å². The number of rotatable bonds is 8. The van der Waals surface area contributed by atoms with Gasteiger partial charge in [0.05, 0.1) is 6.54 Å². The molecule has 6 heteroatoms. The molecule has 1 saturated carbocycles. The van der Waals surface area contributed by atoms with Gasteiger partial charge in [0.1, 0.15) is 11.9 Å². The third-order valence-electron chi connectivity index (χ3n) is 6.23. The van der Waals surface area contributed by atoms with Gasteiger partial charge in [-0.1, -0.05) is 25.5 Å². The third kappa shape index (κ3) is 6.53. The van der Waals surface area contributed by atoms with E-state index in [-0.39, 0.29) is 30.2 Å². The SMILES string of the molecule is CCC1CCC(N(CC(=O)N[C@H](C)C(=O)N(C)C)[C@H](C)c2ccc(F)cc2)CC1. The maximum absolute atomic E-state index is 13.4. The molecule has 2 amide bonds. The van der Waals surface area contributed by atoms with Crippen LogP contribution in [0.5, 0.6) is 0 Å². The summed E-state index contributed by atoms with van der Waals surface area (Å²) in [6.45, 7) is 6.24. The zero-order valence-electron chi connectivity index (χ0n) is 18.5. The van der Waals surface area contributed by atoms with Crippen molar-refractivity contribution >= 4 is 11.8 Å². The maximum atomic E-state index is 13.4. The van der Waals surface area contributed by atoms with Gasteiger partial charge in [-0.3, -0.25) is 14.5 Å². The Bertz CT molecular complexity index is 669. The second-order valence-electron chi connectivity index (χ2n) is 8.50. The van der Waals surface area contributed by atoms with Gasteiger partial charge >= 0.3 is 0 Å². The predicted molar refractivity (Wildman–Crippen MR) is 114 cm³/mol. The Kier molecular flexibility index (Phi) is 8.62. The lowest BCUT2D eigenvalue weighted by atomic mass is 9.83. The van der Waals surface area contributed by atoms with Crippen LogP contribution >= 0.6 is 0 Å². The minimum atomic E-state index is -0.559. The van der Waals surface area contributed by atoms with Crippen LogP contribution in [0.15, 0.2) is 24.3 Å². The van der Waals surface area contributed by atoms with Gasteiger partial charge in [0.25, 0.3) is 0 Å². The highest BCUT2D eigenvalue weighted by molar-refractivity contribution is 5.87. The summed E-state index contributed by atoms with van der Waals surface area (Å²) in [4.78, 5) is 28.6. The van der Waals surface area contributed by atoms with E-state index in [1.54, 1.807) is 33.2 Å². The molecular weight excluding hydrogens is 369 g/mol. The van der Waals surface area contributed by atoms with Gasteiger partial charge in [0.2, 0.25) is 11.8 Å². The molecule has 0 unspecified atom stereocenters. The first kappa shape index (κ1) is 23.3. The second kappa shape index (κ2) is 10.7. The van der Waals surface area contributed by atoms with E-state index in [0.29, 0.717) is 6.04 Å². The highest BCUT2D eigenvalue weighted by Crippen LogP contribution is 2.33. The molecule has 1 aromatic rings. The Hall–Kier alpha value is -1.95. The number of hydrogen-bond donors (Lipinski definition) is 1. The van der Waals surface area contributed by atoms with Crippen LogP contribution in [0.3, 0.4) is 0 Å². The van der Waals surface area contributed by atoms with E-state index < -0.39 is 6.04 Å². The molecule has 1 aliphatic carbocycles. The van der Waals surface area contributed by atoms with Crippen molar-refractivity contribution in [3.8, 4) is 0 Å². The molecule has 162 valence electrons. The molecule has 1 N–H and O–H groups in total. The van der Waals surface area contributed by atoms with Gasteiger partial charge in [-0.05, 0) is 63.1 Å². The molecular formula is C23H36FN3O2. The fourth-order valence-corrected chi connectivity index (χ4v) is 4.30. The van der Waals surface area contributed by atoms with Gasteiger partial charge in [-0.25, -0.2) is 4.39 Å². The van der Waals surface area contributed by atoms with Crippen LogP contribution in [0.1, 0.15) is 64.5 Å². The standard InChI is InChI=1S/C23H36FN3O2/c1-6-18-7-13-21(14-8-18)27(17(3)19-9-11-20(24)12-10-19)15-22(28)25-16(2)23(29)26(4)5/h9-12,16-18,21H,6-8,13-15H2,1-5H3,(H,25,28)/t16-,17-,18?,21?/m1/s1. The Balaban J connectivity index is 2.12. The van der Waals surface area contributed by atoms with E-state index in [1.165, 1.54) is 36.3 Å². The topological polar surface area (TPSA) is 52.7 Å². The molecule has 5 nitrogen and oxygen atoms in total. The lowest BCUT2D eigenvalue weighted by molar-refractivity contribution is -0.134. The summed E-state index contributed by atoms with van der Waals surface area (Å²) >= 11 is 0. The van der Waals surface area contributed by atoms with E-state index in [2.05, 4.69) is 24.1 Å². The van der Waals surface area contributed by atoms with Crippen molar-refractivity contribution < 1.29 is 14.0 Å². The highest BCUT2D eigenvalue weighted by Gasteiger charge is 2.31. The number of hydrogen-bond acceptors (Lipinski definition) is 3. The molecule has 2 rings (SSSR count). The van der Waals surface area contributed by atoms with E-state index in [1.807, 2.05) is 0 Å². The van der Waals surface area contributed by atoms with Crippen molar-refractivity contribution in [2.75, 3.05) is 20.6 Å². The summed E-state index contributed by atoms with van der Waals surface area (Å²) in [5.41, 5.74) is 0.995. The normalized spacial score (nSPS) is 21.5. The molecule has 0 aromatic heterocycles. The number of nitrogens with one attached hydrogen (secondary N) is 1. The lowest BCUT2D eigenvalue weighted by Crippen LogP contribution is -2.50. The molecule has 1 aliphatic rings. The van der Waals surface area contributed by atoms with Crippen LogP contribution in [0, 0.1) is 11.7 Å². The first-order valence-electron chi connectivity index (χ1n) is 10.7. The van der Waals surface area contributed by atoms with Gasteiger partial charge in [0.15, 0.2) is 0 Å². The van der Waals surface area contributed by atoms with Crippen molar-refractivity contribution in [3.05, 3.63) is 35.6 Å². The molecule has 1 fully saturated rings. The average molecular weight is 406 g/mol. The number of amides is 2. The summed E-state index contributed by atoms with van der Waals surface area (Å²) in [6, 6.07) is 6.26. The zero-order valence-corrected chi connectivity index (χ0v) is 18.5. The monoisotopic (exact) mass is 405 g/mol. The summed E-state index contributed by atoms with van der Waals surface area (Å²) in [7, 11) is 3.36. The lowest BCUT2D eigenvalue weighted by Gasteiger charge is -2.40. The average Bonchev–Trinajstić information content (AvgIpc) is 2.71. The van der Waals surface area contributed by atoms with Crippen molar-refractivity contribution in [2.24, 2.45) is 5.92 Å². The van der Waals surface area contributed by atoms with Crippen LogP contribution in [-0.2, 0) is 9.59 Å². The van der Waals surface area contributed by atoms with Gasteiger partial charge in [0, 0.05) is 26.2 Å². The van der Waals surface area contributed by atoms with E-state index in [0.717, 1.165) is 24.3 Å². The number of carbonyl (C=O) groups is 2. The smallest absolute Gasteiger partial charge is 0.244 e.